The Labute approximate surface area is 53.6 Å². The number of rotatable bonds is 0. The molecule has 4 nitrogen and oxygen atoms in total. The third-order valence-corrected chi connectivity index (χ3v) is 3.11. The lowest BCUT2D eigenvalue weighted by Crippen LogP contribution is -2.32. The van der Waals surface area contributed by atoms with Gasteiger partial charge in [0.25, 0.3) is 0 Å². The first-order valence-electron chi connectivity index (χ1n) is 2.65. The normalized spacial score (nSPS) is 41.1. The predicted molar refractivity (Wildman–Crippen MR) is 32.6 cm³/mol. The van der Waals surface area contributed by atoms with Gasteiger partial charge in [0.15, 0.2) is 9.84 Å². The molecule has 0 amide bonds. The van der Waals surface area contributed by atoms with E-state index in [2.05, 4.69) is 0 Å². The van der Waals surface area contributed by atoms with Crippen molar-refractivity contribution in [2.24, 2.45) is 5.73 Å². The van der Waals surface area contributed by atoms with Gasteiger partial charge in [0.2, 0.25) is 0 Å². The van der Waals surface area contributed by atoms with Crippen molar-refractivity contribution in [2.75, 3.05) is 11.5 Å². The lowest BCUT2D eigenvalue weighted by atomic mass is 10.2. The van der Waals surface area contributed by atoms with E-state index in [-0.39, 0.29) is 11.5 Å². The topological polar surface area (TPSA) is 80.4 Å². The molecule has 2 atom stereocenters. The van der Waals surface area contributed by atoms with Gasteiger partial charge in [0.05, 0.1) is 17.6 Å². The molecule has 0 aromatic carbocycles. The van der Waals surface area contributed by atoms with Crippen LogP contribution in [-0.2, 0) is 9.84 Å². The fourth-order valence-electron chi connectivity index (χ4n) is 0.856. The molecule has 1 rings (SSSR count). The first-order chi connectivity index (χ1) is 4.01. The standard InChI is InChI=1S/C4H9NO3S/c5-3-1-9(7,8)2-4(3)6/h3-4,6H,1-2,5H2/t3-,4?/m0/s1. The Hall–Kier alpha value is -0.130. The highest BCUT2D eigenvalue weighted by Crippen LogP contribution is 2.09. The molecule has 5 heteroatoms. The largest absolute Gasteiger partial charge is 0.390 e. The lowest BCUT2D eigenvalue weighted by molar-refractivity contribution is 0.183. The van der Waals surface area contributed by atoms with Gasteiger partial charge < -0.3 is 10.8 Å². The van der Waals surface area contributed by atoms with Crippen LogP contribution >= 0.6 is 0 Å². The molecule has 1 aliphatic rings. The van der Waals surface area contributed by atoms with Crippen molar-refractivity contribution >= 4 is 9.84 Å². The second-order valence-corrected chi connectivity index (χ2v) is 4.46. The molecule has 1 unspecified atom stereocenters. The molecule has 0 aromatic rings. The molecule has 54 valence electrons. The molecular formula is C4H9NO3S. The molecule has 9 heavy (non-hydrogen) atoms. The maximum atomic E-state index is 10.6. The molecule has 1 heterocycles. The first kappa shape index (κ1) is 6.98. The predicted octanol–water partition coefficient (Wildman–Crippen LogP) is -1.90. The van der Waals surface area contributed by atoms with Crippen LogP contribution in [0.5, 0.6) is 0 Å². The van der Waals surface area contributed by atoms with E-state index in [9.17, 15) is 8.42 Å². The van der Waals surface area contributed by atoms with Crippen LogP contribution in [-0.4, -0.2) is 37.2 Å². The summed E-state index contributed by atoms with van der Waals surface area (Å²) in [6.07, 6.45) is -0.852. The average molecular weight is 151 g/mol. The minimum absolute atomic E-state index is 0.0752. The Morgan fingerprint density at radius 1 is 1.44 bits per heavy atom. The summed E-state index contributed by atoms with van der Waals surface area (Å²) in [4.78, 5) is 0. The number of aliphatic hydroxyl groups excluding tert-OH is 1. The zero-order valence-corrected chi connectivity index (χ0v) is 5.63. The van der Waals surface area contributed by atoms with Crippen molar-refractivity contribution in [1.29, 1.82) is 0 Å². The van der Waals surface area contributed by atoms with Crippen molar-refractivity contribution in [2.45, 2.75) is 12.1 Å². The Kier molecular flexibility index (Phi) is 1.50. The summed E-state index contributed by atoms with van der Waals surface area (Å²) in [6, 6.07) is -0.574. The molecule has 0 aliphatic carbocycles. The van der Waals surface area contributed by atoms with Gasteiger partial charge in [0.1, 0.15) is 0 Å². The Bertz CT molecular complexity index is 182. The summed E-state index contributed by atoms with van der Waals surface area (Å²) in [7, 11) is -3.02. The van der Waals surface area contributed by atoms with E-state index >= 15 is 0 Å². The molecule has 3 N–H and O–H groups in total. The molecule has 1 fully saturated rings. The van der Waals surface area contributed by atoms with Gasteiger partial charge in [-0.25, -0.2) is 8.42 Å². The SMILES string of the molecule is N[C@H]1CS(=O)(=O)CC1O. The van der Waals surface area contributed by atoms with Crippen molar-refractivity contribution < 1.29 is 13.5 Å². The van der Waals surface area contributed by atoms with Gasteiger partial charge in [-0.05, 0) is 0 Å². The fourth-order valence-corrected chi connectivity index (χ4v) is 2.57. The average Bonchev–Trinajstić information content (AvgIpc) is 1.79. The van der Waals surface area contributed by atoms with Crippen molar-refractivity contribution in [1.82, 2.24) is 0 Å². The molecule has 0 bridgehead atoms. The highest BCUT2D eigenvalue weighted by Gasteiger charge is 2.33. The number of hydrogen-bond donors (Lipinski definition) is 2. The lowest BCUT2D eigenvalue weighted by Gasteiger charge is -2.02. The molecule has 0 radical (unpaired) electrons. The van der Waals surface area contributed by atoms with E-state index in [1.807, 2.05) is 0 Å². The zero-order chi connectivity index (χ0) is 7.07. The first-order valence-corrected chi connectivity index (χ1v) is 4.47. The Morgan fingerprint density at radius 3 is 2.11 bits per heavy atom. The van der Waals surface area contributed by atoms with E-state index in [0.717, 1.165) is 0 Å². The number of aliphatic hydroxyl groups is 1. The van der Waals surface area contributed by atoms with E-state index in [0.29, 0.717) is 0 Å². The fraction of sp³-hybridized carbons (Fsp3) is 1.00. The third kappa shape index (κ3) is 1.41. The molecule has 0 spiro atoms. The minimum atomic E-state index is -3.02. The van der Waals surface area contributed by atoms with Crippen molar-refractivity contribution in [3.8, 4) is 0 Å². The van der Waals surface area contributed by atoms with Gasteiger partial charge in [-0.15, -0.1) is 0 Å². The maximum Gasteiger partial charge on any atom is 0.154 e. The van der Waals surface area contributed by atoms with E-state index in [1.54, 1.807) is 0 Å². The van der Waals surface area contributed by atoms with Crippen molar-refractivity contribution in [3.63, 3.8) is 0 Å². The zero-order valence-electron chi connectivity index (χ0n) is 4.82. The van der Waals surface area contributed by atoms with Crippen LogP contribution < -0.4 is 5.73 Å². The summed E-state index contributed by atoms with van der Waals surface area (Å²) in [5, 5.41) is 8.83. The quantitative estimate of drug-likeness (QED) is 0.424. The highest BCUT2D eigenvalue weighted by atomic mass is 32.2. The van der Waals surface area contributed by atoms with E-state index in [4.69, 9.17) is 10.8 Å². The maximum absolute atomic E-state index is 10.6. The molecule has 0 saturated carbocycles. The van der Waals surface area contributed by atoms with E-state index < -0.39 is 22.0 Å². The summed E-state index contributed by atoms with van der Waals surface area (Å²) in [6.45, 7) is 0. The van der Waals surface area contributed by atoms with Crippen LogP contribution in [0.15, 0.2) is 0 Å². The Balaban J connectivity index is 2.77. The van der Waals surface area contributed by atoms with Gasteiger partial charge in [-0.3, -0.25) is 0 Å². The number of nitrogens with two attached hydrogens (primary N) is 1. The molecule has 1 saturated heterocycles. The smallest absolute Gasteiger partial charge is 0.154 e. The summed E-state index contributed by atoms with van der Waals surface area (Å²) < 4.78 is 21.2. The highest BCUT2D eigenvalue weighted by molar-refractivity contribution is 7.91. The van der Waals surface area contributed by atoms with Crippen LogP contribution in [0.4, 0.5) is 0 Å². The van der Waals surface area contributed by atoms with Crippen LogP contribution in [0.1, 0.15) is 0 Å². The third-order valence-electron chi connectivity index (χ3n) is 1.37. The van der Waals surface area contributed by atoms with Gasteiger partial charge in [0, 0.05) is 6.04 Å². The second kappa shape index (κ2) is 1.93. The van der Waals surface area contributed by atoms with Gasteiger partial charge in [-0.2, -0.15) is 0 Å². The second-order valence-electron chi connectivity index (χ2n) is 2.31. The number of hydrogen-bond acceptors (Lipinski definition) is 4. The molecule has 1 aliphatic heterocycles. The number of sulfone groups is 1. The van der Waals surface area contributed by atoms with Crippen LogP contribution in [0.25, 0.3) is 0 Å². The minimum Gasteiger partial charge on any atom is -0.390 e. The van der Waals surface area contributed by atoms with Crippen LogP contribution in [0, 0.1) is 0 Å². The summed E-state index contributed by atoms with van der Waals surface area (Å²) in [5.41, 5.74) is 5.22. The Morgan fingerprint density at radius 2 is 2.00 bits per heavy atom. The van der Waals surface area contributed by atoms with E-state index in [1.165, 1.54) is 0 Å². The van der Waals surface area contributed by atoms with Crippen LogP contribution in [0.3, 0.4) is 0 Å². The molecular weight excluding hydrogens is 142 g/mol. The summed E-state index contributed by atoms with van der Waals surface area (Å²) in [5.74, 6) is -0.248. The van der Waals surface area contributed by atoms with Crippen molar-refractivity contribution in [3.05, 3.63) is 0 Å². The van der Waals surface area contributed by atoms with Crippen LogP contribution in [0.2, 0.25) is 0 Å². The monoisotopic (exact) mass is 151 g/mol. The molecule has 0 aromatic heterocycles. The summed E-state index contributed by atoms with van der Waals surface area (Å²) >= 11 is 0. The van der Waals surface area contributed by atoms with Gasteiger partial charge >= 0.3 is 0 Å². The van der Waals surface area contributed by atoms with Gasteiger partial charge in [-0.1, -0.05) is 0 Å².